The van der Waals surface area contributed by atoms with Gasteiger partial charge in [0, 0.05) is 16.8 Å². The van der Waals surface area contributed by atoms with Crippen LogP contribution < -0.4 is 10.1 Å². The minimum Gasteiger partial charge on any atom is -0.405 e. The van der Waals surface area contributed by atoms with Crippen molar-refractivity contribution in [2.75, 3.05) is 11.9 Å². The number of carbonyl (C=O) groups excluding carboxylic acids is 1. The van der Waals surface area contributed by atoms with Gasteiger partial charge in [0.25, 0.3) is 0 Å². The fourth-order valence-electron chi connectivity index (χ4n) is 4.01. The summed E-state index contributed by atoms with van der Waals surface area (Å²) in [5.74, 6) is -1.49. The molecule has 2 amide bonds. The van der Waals surface area contributed by atoms with Crippen molar-refractivity contribution >= 4 is 29.0 Å². The number of benzene rings is 3. The third-order valence-corrected chi connectivity index (χ3v) is 5.99. The van der Waals surface area contributed by atoms with E-state index in [4.69, 9.17) is 11.6 Å². The maximum absolute atomic E-state index is 13.2. The second-order valence-electron chi connectivity index (χ2n) is 8.40. The number of ether oxygens (including phenoxy) is 1. The number of carbonyl (C=O) groups is 1. The van der Waals surface area contributed by atoms with E-state index in [0.717, 1.165) is 16.6 Å². The predicted octanol–water partition coefficient (Wildman–Crippen LogP) is 7.47. The molecule has 37 heavy (non-hydrogen) atoms. The fraction of sp³-hybridized carbons (Fsp3) is 0.200. The van der Waals surface area contributed by atoms with Crippen molar-refractivity contribution < 1.29 is 35.9 Å². The van der Waals surface area contributed by atoms with Gasteiger partial charge in [-0.1, -0.05) is 54.1 Å². The van der Waals surface area contributed by atoms with Crippen LogP contribution in [0.3, 0.4) is 0 Å². The molecule has 5 nitrogen and oxygen atoms in total. The second-order valence-corrected chi connectivity index (χ2v) is 8.83. The average Bonchev–Trinajstić information content (AvgIpc) is 3.17. The molecule has 1 heterocycles. The molecule has 1 aliphatic heterocycles. The number of nitrogens with one attached hydrogen (secondary N) is 1. The van der Waals surface area contributed by atoms with Crippen LogP contribution >= 0.6 is 11.6 Å². The van der Waals surface area contributed by atoms with E-state index in [1.54, 1.807) is 24.3 Å². The number of hydrazone groups is 1. The smallest absolute Gasteiger partial charge is 0.405 e. The number of nitrogens with zero attached hydrogens (tertiary/aromatic N) is 2. The highest BCUT2D eigenvalue weighted by atomic mass is 35.5. The van der Waals surface area contributed by atoms with Crippen molar-refractivity contribution in [2.45, 2.75) is 24.9 Å². The Hall–Kier alpha value is -3.73. The Balaban J connectivity index is 1.66. The van der Waals surface area contributed by atoms with E-state index in [1.807, 2.05) is 37.3 Å². The van der Waals surface area contributed by atoms with E-state index < -0.39 is 35.3 Å². The number of halogens is 7. The summed E-state index contributed by atoms with van der Waals surface area (Å²) in [6.45, 7) is 1.92. The summed E-state index contributed by atoms with van der Waals surface area (Å²) in [7, 11) is 0. The first-order valence-electron chi connectivity index (χ1n) is 10.7. The molecule has 1 atom stereocenters. The zero-order valence-electron chi connectivity index (χ0n) is 19.0. The van der Waals surface area contributed by atoms with Crippen LogP contribution in [0.15, 0.2) is 77.9 Å². The van der Waals surface area contributed by atoms with Gasteiger partial charge in [-0.05, 0) is 42.3 Å². The molecule has 12 heteroatoms. The van der Waals surface area contributed by atoms with Gasteiger partial charge in [-0.2, -0.15) is 18.3 Å². The SMILES string of the molecule is CC1(c2ccccc2)CN(C(=O)Nc2ccc(C(F)(F)F)c(OC(F)(F)F)c2)N=C1c1ccc(Cl)cc1. The van der Waals surface area contributed by atoms with Gasteiger partial charge in [0.05, 0.1) is 23.2 Å². The lowest BCUT2D eigenvalue weighted by Crippen LogP contribution is -2.38. The van der Waals surface area contributed by atoms with Gasteiger partial charge in [0.2, 0.25) is 0 Å². The number of rotatable bonds is 4. The summed E-state index contributed by atoms with van der Waals surface area (Å²) in [6, 6.07) is 16.9. The number of hydrogen-bond donors (Lipinski definition) is 1. The van der Waals surface area contributed by atoms with Crippen LogP contribution in [0.1, 0.15) is 23.6 Å². The van der Waals surface area contributed by atoms with Gasteiger partial charge in [0.1, 0.15) is 5.75 Å². The van der Waals surface area contributed by atoms with Crippen molar-refractivity contribution in [3.63, 3.8) is 0 Å². The Labute approximate surface area is 212 Å². The minimum absolute atomic E-state index is 0.0490. The lowest BCUT2D eigenvalue weighted by molar-refractivity contribution is -0.276. The van der Waals surface area contributed by atoms with Crippen LogP contribution in [0.5, 0.6) is 5.75 Å². The molecular formula is C25H18ClF6N3O2. The molecule has 3 aromatic carbocycles. The maximum Gasteiger partial charge on any atom is 0.573 e. The highest BCUT2D eigenvalue weighted by Gasteiger charge is 2.43. The molecule has 0 saturated carbocycles. The van der Waals surface area contributed by atoms with Gasteiger partial charge in [0.15, 0.2) is 0 Å². The van der Waals surface area contributed by atoms with E-state index in [0.29, 0.717) is 28.4 Å². The zero-order valence-corrected chi connectivity index (χ0v) is 19.7. The van der Waals surface area contributed by atoms with Crippen molar-refractivity contribution in [3.8, 4) is 5.75 Å². The van der Waals surface area contributed by atoms with Crippen molar-refractivity contribution in [3.05, 3.63) is 94.5 Å². The van der Waals surface area contributed by atoms with Gasteiger partial charge >= 0.3 is 18.6 Å². The first-order valence-corrected chi connectivity index (χ1v) is 11.1. The molecule has 194 valence electrons. The number of amides is 2. The van der Waals surface area contributed by atoms with Crippen LogP contribution in [0.25, 0.3) is 0 Å². The van der Waals surface area contributed by atoms with Crippen LogP contribution in [-0.4, -0.2) is 29.7 Å². The lowest BCUT2D eigenvalue weighted by atomic mass is 9.76. The lowest BCUT2D eigenvalue weighted by Gasteiger charge is -2.27. The van der Waals surface area contributed by atoms with Crippen LogP contribution in [-0.2, 0) is 11.6 Å². The molecule has 0 bridgehead atoms. The quantitative estimate of drug-likeness (QED) is 0.348. The molecule has 0 saturated heterocycles. The van der Waals surface area contributed by atoms with Crippen molar-refractivity contribution in [1.29, 1.82) is 0 Å². The summed E-state index contributed by atoms with van der Waals surface area (Å²) >= 11 is 6.00. The molecular weight excluding hydrogens is 524 g/mol. The van der Waals surface area contributed by atoms with E-state index in [1.165, 1.54) is 0 Å². The summed E-state index contributed by atoms with van der Waals surface area (Å²) in [5.41, 5.74) is -0.704. The normalized spacial score (nSPS) is 17.9. The number of urea groups is 1. The second kappa shape index (κ2) is 9.62. The first-order chi connectivity index (χ1) is 17.3. The molecule has 0 aromatic heterocycles. The zero-order chi connectivity index (χ0) is 27.0. The molecule has 3 aromatic rings. The van der Waals surface area contributed by atoms with E-state index in [9.17, 15) is 31.1 Å². The Morgan fingerprint density at radius 2 is 1.65 bits per heavy atom. The molecule has 0 aliphatic carbocycles. The molecule has 1 aliphatic rings. The molecule has 1 N–H and O–H groups in total. The van der Waals surface area contributed by atoms with Gasteiger partial charge in [-0.25, -0.2) is 9.80 Å². The van der Waals surface area contributed by atoms with Crippen molar-refractivity contribution in [2.24, 2.45) is 5.10 Å². The summed E-state index contributed by atoms with van der Waals surface area (Å²) < 4.78 is 81.2. The standard InChI is InChI=1S/C25H18ClF6N3O2/c1-23(16-5-3-2-4-6-16)14-35(34-21(23)15-7-9-17(26)10-8-15)22(36)33-18-11-12-19(24(27,28)29)20(13-18)37-25(30,31)32/h2-13H,14H2,1H3,(H,33,36). The molecule has 0 fully saturated rings. The topological polar surface area (TPSA) is 53.9 Å². The Morgan fingerprint density at radius 1 is 1.00 bits per heavy atom. The summed E-state index contributed by atoms with van der Waals surface area (Å²) in [6.07, 6.45) is -10.5. The third kappa shape index (κ3) is 5.82. The molecule has 1 unspecified atom stereocenters. The van der Waals surface area contributed by atoms with Crippen LogP contribution in [0.2, 0.25) is 5.02 Å². The highest BCUT2D eigenvalue weighted by molar-refractivity contribution is 6.30. The first kappa shape index (κ1) is 26.3. The Bertz CT molecular complexity index is 1330. The molecule has 0 radical (unpaired) electrons. The number of alkyl halides is 6. The maximum atomic E-state index is 13.2. The number of hydrogen-bond acceptors (Lipinski definition) is 3. The predicted molar refractivity (Wildman–Crippen MR) is 126 cm³/mol. The fourth-order valence-corrected chi connectivity index (χ4v) is 4.13. The highest BCUT2D eigenvalue weighted by Crippen LogP contribution is 2.40. The van der Waals surface area contributed by atoms with Gasteiger partial charge in [-0.15, -0.1) is 13.2 Å². The Morgan fingerprint density at radius 3 is 2.24 bits per heavy atom. The van der Waals surface area contributed by atoms with Gasteiger partial charge < -0.3 is 10.1 Å². The third-order valence-electron chi connectivity index (χ3n) is 5.74. The molecule has 0 spiro atoms. The summed E-state index contributed by atoms with van der Waals surface area (Å²) in [5, 5.41) is 8.33. The van der Waals surface area contributed by atoms with Crippen LogP contribution in [0.4, 0.5) is 36.8 Å². The monoisotopic (exact) mass is 541 g/mol. The minimum atomic E-state index is -5.37. The Kier molecular flexibility index (Phi) is 6.85. The largest absolute Gasteiger partial charge is 0.573 e. The van der Waals surface area contributed by atoms with Gasteiger partial charge in [-0.3, -0.25) is 0 Å². The van der Waals surface area contributed by atoms with E-state index in [-0.39, 0.29) is 12.2 Å². The summed E-state index contributed by atoms with van der Waals surface area (Å²) in [4.78, 5) is 13.0. The molecule has 4 rings (SSSR count). The number of anilines is 1. The average molecular weight is 542 g/mol. The van der Waals surface area contributed by atoms with E-state index >= 15 is 0 Å². The van der Waals surface area contributed by atoms with Crippen molar-refractivity contribution in [1.82, 2.24) is 5.01 Å². The van der Waals surface area contributed by atoms with Crippen LogP contribution in [0, 0.1) is 0 Å². The van der Waals surface area contributed by atoms with E-state index in [2.05, 4.69) is 15.2 Å².